The van der Waals surface area contributed by atoms with E-state index in [1.165, 1.54) is 6.07 Å². The molecule has 0 aliphatic carbocycles. The van der Waals surface area contributed by atoms with Crippen LogP contribution in [0.2, 0.25) is 0 Å². The molecule has 1 aliphatic rings. The van der Waals surface area contributed by atoms with Crippen LogP contribution in [0.5, 0.6) is 0 Å². The molecule has 0 saturated carbocycles. The van der Waals surface area contributed by atoms with Gasteiger partial charge in [0.1, 0.15) is 11.4 Å². The van der Waals surface area contributed by atoms with Gasteiger partial charge in [0.25, 0.3) is 0 Å². The van der Waals surface area contributed by atoms with E-state index >= 15 is 0 Å². The van der Waals surface area contributed by atoms with Gasteiger partial charge in [-0.1, -0.05) is 24.3 Å². The monoisotopic (exact) mass is 397 g/mol. The Morgan fingerprint density at radius 1 is 1.13 bits per heavy atom. The van der Waals surface area contributed by atoms with Crippen molar-refractivity contribution in [2.75, 3.05) is 0 Å². The number of imidazole rings is 1. The van der Waals surface area contributed by atoms with Crippen molar-refractivity contribution >= 4 is 0 Å². The van der Waals surface area contributed by atoms with Crippen LogP contribution < -0.4 is 0 Å². The summed E-state index contributed by atoms with van der Waals surface area (Å²) in [6.45, 7) is 0. The maximum atomic E-state index is 14.7. The van der Waals surface area contributed by atoms with Gasteiger partial charge in [-0.25, -0.2) is 19.3 Å². The Morgan fingerprint density at radius 3 is 2.73 bits per heavy atom. The summed E-state index contributed by atoms with van der Waals surface area (Å²) in [7, 11) is 0. The Balaban J connectivity index is 1.59. The van der Waals surface area contributed by atoms with Gasteiger partial charge in [-0.3, -0.25) is 0 Å². The normalized spacial score (nSPS) is 20.0. The van der Waals surface area contributed by atoms with Crippen LogP contribution in [0.25, 0.3) is 11.4 Å². The molecule has 0 amide bonds. The first-order valence-electron chi connectivity index (χ1n) is 9.42. The molecule has 2 aromatic heterocycles. The van der Waals surface area contributed by atoms with Crippen molar-refractivity contribution in [1.82, 2.24) is 19.5 Å². The van der Waals surface area contributed by atoms with Gasteiger partial charge < -0.3 is 9.67 Å². The fraction of sp³-hybridized carbons (Fsp3) is 0.130. The molecule has 1 N–H and O–H groups in total. The van der Waals surface area contributed by atoms with Gasteiger partial charge in [0, 0.05) is 29.9 Å². The highest BCUT2D eigenvalue weighted by atomic mass is 19.1. The van der Waals surface area contributed by atoms with Gasteiger partial charge in [0.2, 0.25) is 0 Å². The highest BCUT2D eigenvalue weighted by Gasteiger charge is 2.45. The molecule has 0 unspecified atom stereocenters. The van der Waals surface area contributed by atoms with Crippen molar-refractivity contribution in [3.8, 4) is 17.5 Å². The lowest BCUT2D eigenvalue weighted by Crippen LogP contribution is -2.24. The molecule has 0 spiro atoms. The number of fused-ring (bicyclic) bond motifs is 1. The lowest BCUT2D eigenvalue weighted by molar-refractivity contribution is 0.0793. The molecular weight excluding hydrogens is 381 g/mol. The second kappa shape index (κ2) is 6.87. The van der Waals surface area contributed by atoms with E-state index in [2.05, 4.69) is 15.0 Å². The zero-order chi connectivity index (χ0) is 20.7. The van der Waals surface area contributed by atoms with Gasteiger partial charge >= 0.3 is 0 Å². The van der Waals surface area contributed by atoms with Gasteiger partial charge in [-0.15, -0.1) is 0 Å². The van der Waals surface area contributed by atoms with E-state index in [-0.39, 0.29) is 12.0 Å². The lowest BCUT2D eigenvalue weighted by Gasteiger charge is -2.24. The minimum atomic E-state index is -1.35. The van der Waals surface area contributed by atoms with E-state index in [0.29, 0.717) is 22.6 Å². The third-order valence-electron chi connectivity index (χ3n) is 5.57. The number of aliphatic hydroxyl groups is 1. The van der Waals surface area contributed by atoms with E-state index in [1.807, 2.05) is 30.3 Å². The molecule has 3 heterocycles. The number of hydrogen-bond donors (Lipinski definition) is 1. The van der Waals surface area contributed by atoms with Crippen LogP contribution in [0.1, 0.15) is 34.8 Å². The van der Waals surface area contributed by atoms with Crippen LogP contribution in [0.3, 0.4) is 0 Å². The first-order chi connectivity index (χ1) is 14.6. The molecule has 6 nitrogen and oxygen atoms in total. The lowest BCUT2D eigenvalue weighted by atomic mass is 9.85. The molecule has 0 fully saturated rings. The van der Waals surface area contributed by atoms with Crippen LogP contribution in [0, 0.1) is 17.1 Å². The fourth-order valence-corrected chi connectivity index (χ4v) is 4.11. The Kier molecular flexibility index (Phi) is 4.16. The van der Waals surface area contributed by atoms with Crippen LogP contribution in [0.4, 0.5) is 4.39 Å². The average Bonchev–Trinajstić information content (AvgIpc) is 3.38. The SMILES string of the molecule is N#Cc1ccc([C@H]2C[C@](O)(c3cccc(-c4ncccn4)c3)c3cncn32)c(F)c1. The average molecular weight is 397 g/mol. The van der Waals surface area contributed by atoms with Crippen molar-refractivity contribution in [1.29, 1.82) is 5.26 Å². The van der Waals surface area contributed by atoms with Crippen molar-refractivity contribution in [3.05, 3.63) is 102 Å². The summed E-state index contributed by atoms with van der Waals surface area (Å²) >= 11 is 0. The second-order valence-electron chi connectivity index (χ2n) is 7.27. The smallest absolute Gasteiger partial charge is 0.159 e. The molecule has 30 heavy (non-hydrogen) atoms. The highest BCUT2D eigenvalue weighted by molar-refractivity contribution is 5.57. The third kappa shape index (κ3) is 2.78. The fourth-order valence-electron chi connectivity index (χ4n) is 4.11. The maximum Gasteiger partial charge on any atom is 0.159 e. The largest absolute Gasteiger partial charge is 0.379 e. The Morgan fingerprint density at radius 2 is 1.97 bits per heavy atom. The molecule has 0 saturated heterocycles. The zero-order valence-corrected chi connectivity index (χ0v) is 15.8. The number of nitriles is 1. The second-order valence-corrected chi connectivity index (χ2v) is 7.27. The predicted molar refractivity (Wildman–Crippen MR) is 107 cm³/mol. The summed E-state index contributed by atoms with van der Waals surface area (Å²) in [6, 6.07) is 15.1. The number of hydrogen-bond acceptors (Lipinski definition) is 5. The first kappa shape index (κ1) is 18.2. The van der Waals surface area contributed by atoms with Crippen LogP contribution in [-0.4, -0.2) is 24.6 Å². The van der Waals surface area contributed by atoms with Crippen molar-refractivity contribution in [3.63, 3.8) is 0 Å². The topological polar surface area (TPSA) is 87.6 Å². The van der Waals surface area contributed by atoms with Gasteiger partial charge in [-0.05, 0) is 29.8 Å². The zero-order valence-electron chi connectivity index (χ0n) is 15.8. The molecule has 1 aliphatic heterocycles. The summed E-state index contributed by atoms with van der Waals surface area (Å²) in [5.74, 6) is 0.0820. The summed E-state index contributed by atoms with van der Waals surface area (Å²) in [5, 5.41) is 20.7. The Labute approximate surface area is 171 Å². The highest BCUT2D eigenvalue weighted by Crippen LogP contribution is 2.47. The molecule has 146 valence electrons. The maximum absolute atomic E-state index is 14.7. The van der Waals surface area contributed by atoms with Crippen molar-refractivity contribution in [2.24, 2.45) is 0 Å². The van der Waals surface area contributed by atoms with E-state index < -0.39 is 17.5 Å². The van der Waals surface area contributed by atoms with Crippen molar-refractivity contribution < 1.29 is 9.50 Å². The van der Waals surface area contributed by atoms with E-state index in [4.69, 9.17) is 5.26 Å². The number of nitrogens with zero attached hydrogens (tertiary/aromatic N) is 5. The minimum Gasteiger partial charge on any atom is -0.379 e. The van der Waals surface area contributed by atoms with Crippen LogP contribution >= 0.6 is 0 Å². The quantitative estimate of drug-likeness (QED) is 0.571. The molecule has 0 bridgehead atoms. The minimum absolute atomic E-state index is 0.243. The molecule has 7 heteroatoms. The molecule has 2 atom stereocenters. The summed E-state index contributed by atoms with van der Waals surface area (Å²) < 4.78 is 16.5. The van der Waals surface area contributed by atoms with E-state index in [9.17, 15) is 9.50 Å². The predicted octanol–water partition coefficient (Wildman–Crippen LogP) is 3.58. The number of benzene rings is 2. The standard InChI is InChI=1S/C23H16FN5O/c24-19-9-15(12-25)5-6-18(19)20-11-23(30,21-13-26-14-29(20)21)17-4-1-3-16(10-17)22-27-7-2-8-28-22/h1-10,13-14,20,30H,11H2/t20-,23+/m1/s1. The van der Waals surface area contributed by atoms with Gasteiger partial charge in [0.05, 0.1) is 35.9 Å². The molecule has 4 aromatic rings. The van der Waals surface area contributed by atoms with Gasteiger partial charge in [-0.2, -0.15) is 5.26 Å². The molecular formula is C23H16FN5O. The van der Waals surface area contributed by atoms with E-state index in [1.54, 1.807) is 47.7 Å². The molecule has 5 rings (SSSR count). The first-order valence-corrected chi connectivity index (χ1v) is 9.42. The number of halogens is 1. The Bertz CT molecular complexity index is 1280. The summed E-state index contributed by atoms with van der Waals surface area (Å²) in [5.41, 5.74) is 1.33. The van der Waals surface area contributed by atoms with Crippen LogP contribution in [-0.2, 0) is 5.60 Å². The number of aromatic nitrogens is 4. The summed E-state index contributed by atoms with van der Waals surface area (Å²) in [6.07, 6.45) is 6.77. The van der Waals surface area contributed by atoms with E-state index in [0.717, 1.165) is 5.56 Å². The summed E-state index contributed by atoms with van der Waals surface area (Å²) in [4.78, 5) is 12.7. The van der Waals surface area contributed by atoms with Gasteiger partial charge in [0.15, 0.2) is 5.82 Å². The molecule has 2 aromatic carbocycles. The molecule has 0 radical (unpaired) electrons. The van der Waals surface area contributed by atoms with Crippen molar-refractivity contribution in [2.45, 2.75) is 18.1 Å². The number of rotatable bonds is 3. The van der Waals surface area contributed by atoms with Crippen LogP contribution in [0.15, 0.2) is 73.4 Å². The third-order valence-corrected chi connectivity index (χ3v) is 5.57. The Hall–Kier alpha value is -3.89.